The average molecular weight is 193 g/mol. The van der Waals surface area contributed by atoms with Crippen LogP contribution in [0.25, 0.3) is 11.2 Å². The molecule has 0 aromatic carbocycles. The number of H-pyrrole nitrogens is 1. The zero-order valence-corrected chi connectivity index (χ0v) is 8.27. The van der Waals surface area contributed by atoms with Crippen LogP contribution in [0.4, 0.5) is 5.95 Å². The number of imidazole rings is 1. The van der Waals surface area contributed by atoms with Crippen LogP contribution in [0.3, 0.4) is 0 Å². The fraction of sp³-hybridized carbons (Fsp3) is 0.375. The quantitative estimate of drug-likeness (QED) is 0.676. The zero-order chi connectivity index (χ0) is 10.3. The molecule has 0 radical (unpaired) electrons. The first-order valence-corrected chi connectivity index (χ1v) is 4.18. The highest BCUT2D eigenvalue weighted by Gasteiger charge is 2.10. The van der Waals surface area contributed by atoms with Crippen LogP contribution in [0, 0.1) is 0 Å². The van der Waals surface area contributed by atoms with Crippen LogP contribution in [-0.4, -0.2) is 33.6 Å². The Morgan fingerprint density at radius 1 is 1.50 bits per heavy atom. The van der Waals surface area contributed by atoms with Gasteiger partial charge in [0.05, 0.1) is 6.33 Å². The molecule has 2 aromatic heterocycles. The Hall–Kier alpha value is -1.85. The molecule has 6 heteroatoms. The number of hydrogen-bond acceptors (Lipinski definition) is 4. The number of rotatable bonds is 1. The van der Waals surface area contributed by atoms with Gasteiger partial charge < -0.3 is 9.88 Å². The van der Waals surface area contributed by atoms with Gasteiger partial charge in [-0.2, -0.15) is 4.98 Å². The van der Waals surface area contributed by atoms with Crippen molar-refractivity contribution >= 4 is 17.1 Å². The van der Waals surface area contributed by atoms with Crippen molar-refractivity contribution in [1.29, 1.82) is 0 Å². The molecule has 2 heterocycles. The van der Waals surface area contributed by atoms with E-state index in [4.69, 9.17) is 0 Å². The molecule has 0 unspecified atom stereocenters. The number of nitrogens with one attached hydrogen (secondary N) is 1. The highest BCUT2D eigenvalue weighted by molar-refractivity contribution is 5.70. The van der Waals surface area contributed by atoms with Gasteiger partial charge in [-0.15, -0.1) is 0 Å². The molecular formula is C8H11N5O. The van der Waals surface area contributed by atoms with Gasteiger partial charge in [0.2, 0.25) is 5.95 Å². The molecule has 0 saturated carbocycles. The lowest BCUT2D eigenvalue weighted by molar-refractivity contribution is 0.807. The van der Waals surface area contributed by atoms with Crippen molar-refractivity contribution < 1.29 is 0 Å². The van der Waals surface area contributed by atoms with Crippen LogP contribution < -0.4 is 10.5 Å². The SMILES string of the molecule is CN(C)c1nc2nc[nH]c2c(=O)n1C. The maximum absolute atomic E-state index is 11.7. The van der Waals surface area contributed by atoms with E-state index < -0.39 is 0 Å². The minimum atomic E-state index is -0.115. The summed E-state index contributed by atoms with van der Waals surface area (Å²) in [7, 11) is 5.35. The number of hydrogen-bond donors (Lipinski definition) is 1. The first-order valence-electron chi connectivity index (χ1n) is 4.18. The van der Waals surface area contributed by atoms with E-state index in [0.29, 0.717) is 17.1 Å². The molecule has 2 aromatic rings. The van der Waals surface area contributed by atoms with Gasteiger partial charge in [-0.05, 0) is 0 Å². The second-order valence-corrected chi connectivity index (χ2v) is 3.27. The van der Waals surface area contributed by atoms with Gasteiger partial charge in [-0.3, -0.25) is 9.36 Å². The first-order chi connectivity index (χ1) is 6.61. The van der Waals surface area contributed by atoms with E-state index in [1.54, 1.807) is 11.9 Å². The Morgan fingerprint density at radius 3 is 2.86 bits per heavy atom. The second kappa shape index (κ2) is 2.83. The van der Waals surface area contributed by atoms with E-state index in [2.05, 4.69) is 15.0 Å². The summed E-state index contributed by atoms with van der Waals surface area (Å²) >= 11 is 0. The van der Waals surface area contributed by atoms with Crippen LogP contribution in [0.15, 0.2) is 11.1 Å². The summed E-state index contributed by atoms with van der Waals surface area (Å²) in [5.74, 6) is 0.592. The number of aromatic nitrogens is 4. The lowest BCUT2D eigenvalue weighted by atomic mass is 10.5. The lowest BCUT2D eigenvalue weighted by Crippen LogP contribution is -2.26. The molecule has 14 heavy (non-hydrogen) atoms. The Morgan fingerprint density at radius 2 is 2.21 bits per heavy atom. The molecule has 0 spiro atoms. The third-order valence-electron chi connectivity index (χ3n) is 2.04. The van der Waals surface area contributed by atoms with Crippen LogP contribution >= 0.6 is 0 Å². The van der Waals surface area contributed by atoms with Gasteiger partial charge in [0.15, 0.2) is 11.2 Å². The highest BCUT2D eigenvalue weighted by atomic mass is 16.1. The number of nitrogens with zero attached hydrogens (tertiary/aromatic N) is 4. The predicted molar refractivity (Wildman–Crippen MR) is 53.5 cm³/mol. The van der Waals surface area contributed by atoms with Gasteiger partial charge in [0.1, 0.15) is 0 Å². The van der Waals surface area contributed by atoms with Crippen molar-refractivity contribution in [2.45, 2.75) is 0 Å². The monoisotopic (exact) mass is 193 g/mol. The molecule has 0 atom stereocenters. The van der Waals surface area contributed by atoms with E-state index in [-0.39, 0.29) is 5.56 Å². The Balaban J connectivity index is 2.87. The van der Waals surface area contributed by atoms with Gasteiger partial charge in [-0.25, -0.2) is 4.98 Å². The summed E-state index contributed by atoms with van der Waals surface area (Å²) in [6.45, 7) is 0. The normalized spacial score (nSPS) is 10.8. The summed E-state index contributed by atoms with van der Waals surface area (Å²) in [4.78, 5) is 24.5. The predicted octanol–water partition coefficient (Wildman–Crippen LogP) is -0.277. The lowest BCUT2D eigenvalue weighted by Gasteiger charge is -2.14. The fourth-order valence-corrected chi connectivity index (χ4v) is 1.36. The smallest absolute Gasteiger partial charge is 0.280 e. The molecule has 0 bridgehead atoms. The maximum Gasteiger partial charge on any atom is 0.280 e. The standard InChI is InChI=1S/C8H11N5O/c1-12(2)8-11-6-5(9-4-10-6)7(14)13(8)3/h4H,1-3H3,(H,9,10). The maximum atomic E-state index is 11.7. The van der Waals surface area contributed by atoms with E-state index in [1.807, 2.05) is 14.1 Å². The third-order valence-corrected chi connectivity index (χ3v) is 2.04. The molecule has 2 rings (SSSR count). The van der Waals surface area contributed by atoms with Crippen molar-refractivity contribution in [3.05, 3.63) is 16.7 Å². The van der Waals surface area contributed by atoms with Gasteiger partial charge in [-0.1, -0.05) is 0 Å². The second-order valence-electron chi connectivity index (χ2n) is 3.27. The topological polar surface area (TPSA) is 66.8 Å². The zero-order valence-electron chi connectivity index (χ0n) is 8.27. The van der Waals surface area contributed by atoms with Crippen molar-refractivity contribution in [3.8, 4) is 0 Å². The molecule has 0 aliphatic rings. The van der Waals surface area contributed by atoms with Crippen molar-refractivity contribution in [3.63, 3.8) is 0 Å². The van der Waals surface area contributed by atoms with Gasteiger partial charge in [0, 0.05) is 21.1 Å². The van der Waals surface area contributed by atoms with Crippen LogP contribution in [0.1, 0.15) is 0 Å². The largest absolute Gasteiger partial charge is 0.348 e. The highest BCUT2D eigenvalue weighted by Crippen LogP contribution is 2.07. The first kappa shape index (κ1) is 8.74. The van der Waals surface area contributed by atoms with E-state index >= 15 is 0 Å². The minimum Gasteiger partial charge on any atom is -0.348 e. The summed E-state index contributed by atoms with van der Waals surface area (Å²) in [5, 5.41) is 0. The number of anilines is 1. The molecule has 0 saturated heterocycles. The van der Waals surface area contributed by atoms with Crippen molar-refractivity contribution in [2.24, 2.45) is 7.05 Å². The van der Waals surface area contributed by atoms with Gasteiger partial charge in [0.25, 0.3) is 5.56 Å². The minimum absolute atomic E-state index is 0.115. The summed E-state index contributed by atoms with van der Waals surface area (Å²) < 4.78 is 1.49. The average Bonchev–Trinajstić information content (AvgIpc) is 2.58. The number of fused-ring (bicyclic) bond motifs is 1. The Bertz CT molecular complexity index is 524. The van der Waals surface area contributed by atoms with Crippen molar-refractivity contribution in [1.82, 2.24) is 19.5 Å². The molecule has 0 fully saturated rings. The molecule has 0 aliphatic heterocycles. The number of aromatic amines is 1. The summed E-state index contributed by atoms with van der Waals surface area (Å²) in [6, 6.07) is 0. The fourth-order valence-electron chi connectivity index (χ4n) is 1.36. The van der Waals surface area contributed by atoms with E-state index in [1.165, 1.54) is 10.9 Å². The molecule has 74 valence electrons. The van der Waals surface area contributed by atoms with Crippen LogP contribution in [0.5, 0.6) is 0 Å². The molecule has 6 nitrogen and oxygen atoms in total. The van der Waals surface area contributed by atoms with E-state index in [9.17, 15) is 4.79 Å². The molecular weight excluding hydrogens is 182 g/mol. The molecule has 0 amide bonds. The third kappa shape index (κ3) is 1.07. The Labute approximate surface area is 80.2 Å². The van der Waals surface area contributed by atoms with E-state index in [0.717, 1.165) is 0 Å². The molecule has 0 aliphatic carbocycles. The van der Waals surface area contributed by atoms with Crippen LogP contribution in [0.2, 0.25) is 0 Å². The Kier molecular flexibility index (Phi) is 1.77. The summed E-state index contributed by atoms with van der Waals surface area (Å²) in [5.41, 5.74) is 0.783. The van der Waals surface area contributed by atoms with Crippen molar-refractivity contribution in [2.75, 3.05) is 19.0 Å². The van der Waals surface area contributed by atoms with Crippen LogP contribution in [-0.2, 0) is 7.05 Å². The molecule has 1 N–H and O–H groups in total. The van der Waals surface area contributed by atoms with Gasteiger partial charge >= 0.3 is 0 Å². The summed E-state index contributed by atoms with van der Waals surface area (Å²) in [6.07, 6.45) is 1.47.